The highest BCUT2D eigenvalue weighted by molar-refractivity contribution is 5.88. The fraction of sp³-hybridized carbons (Fsp3) is 0.0625. The fourth-order valence-electron chi connectivity index (χ4n) is 2.32. The molecule has 0 saturated carbocycles. The van der Waals surface area contributed by atoms with E-state index in [1.807, 2.05) is 36.5 Å². The summed E-state index contributed by atoms with van der Waals surface area (Å²) in [5, 5.41) is 7.11. The molecule has 5 N–H and O–H groups in total. The van der Waals surface area contributed by atoms with Crippen molar-refractivity contribution in [3.63, 3.8) is 0 Å². The number of fused-ring (bicyclic) bond motifs is 1. The van der Waals surface area contributed by atoms with Crippen molar-refractivity contribution in [1.29, 1.82) is 0 Å². The number of aromatic amines is 1. The molecule has 0 aliphatic carbocycles. The quantitative estimate of drug-likeness (QED) is 0.591. The van der Waals surface area contributed by atoms with Gasteiger partial charge in [0.15, 0.2) is 0 Å². The average Bonchev–Trinajstić information content (AvgIpc) is 2.88. The summed E-state index contributed by atoms with van der Waals surface area (Å²) in [6.45, 7) is 0.698. The van der Waals surface area contributed by atoms with Crippen molar-refractivity contribution < 1.29 is 4.79 Å². The van der Waals surface area contributed by atoms with Crippen LogP contribution in [-0.2, 0) is 6.54 Å². The summed E-state index contributed by atoms with van der Waals surface area (Å²) < 4.78 is 0. The maximum atomic E-state index is 10.9. The number of hydrogen-bond donors (Lipinski definition) is 4. The molecule has 5 heteroatoms. The van der Waals surface area contributed by atoms with E-state index in [1.54, 1.807) is 6.07 Å². The van der Waals surface area contributed by atoms with Gasteiger partial charge in [-0.05, 0) is 29.8 Å². The van der Waals surface area contributed by atoms with E-state index in [0.717, 1.165) is 11.2 Å². The van der Waals surface area contributed by atoms with E-state index in [4.69, 9.17) is 5.73 Å². The molecule has 5 nitrogen and oxygen atoms in total. The Morgan fingerprint density at radius 2 is 1.90 bits per heavy atom. The monoisotopic (exact) mass is 280 g/mol. The molecular weight excluding hydrogens is 264 g/mol. The SMILES string of the molecule is NC(=O)Nc1cccc(NCc2c[nH]c3ccccc23)c1. The summed E-state index contributed by atoms with van der Waals surface area (Å²) in [4.78, 5) is 14.1. The first-order valence-corrected chi connectivity index (χ1v) is 6.68. The van der Waals surface area contributed by atoms with Crippen LogP contribution in [0.4, 0.5) is 16.2 Å². The molecule has 2 amide bonds. The second kappa shape index (κ2) is 5.58. The Kier molecular flexibility index (Phi) is 3.47. The smallest absolute Gasteiger partial charge is 0.316 e. The van der Waals surface area contributed by atoms with Crippen LogP contribution in [0.25, 0.3) is 10.9 Å². The third-order valence-corrected chi connectivity index (χ3v) is 3.29. The molecule has 0 aliphatic heterocycles. The Labute approximate surface area is 122 Å². The van der Waals surface area contributed by atoms with Crippen LogP contribution in [0.3, 0.4) is 0 Å². The van der Waals surface area contributed by atoms with Gasteiger partial charge in [0.05, 0.1) is 0 Å². The van der Waals surface area contributed by atoms with Crippen LogP contribution in [0, 0.1) is 0 Å². The van der Waals surface area contributed by atoms with E-state index < -0.39 is 6.03 Å². The van der Waals surface area contributed by atoms with E-state index in [9.17, 15) is 4.79 Å². The van der Waals surface area contributed by atoms with Gasteiger partial charge in [0.1, 0.15) is 0 Å². The summed E-state index contributed by atoms with van der Waals surface area (Å²) in [5.74, 6) is 0. The molecule has 21 heavy (non-hydrogen) atoms. The predicted molar refractivity (Wildman–Crippen MR) is 85.3 cm³/mol. The lowest BCUT2D eigenvalue weighted by Gasteiger charge is -2.08. The highest BCUT2D eigenvalue weighted by atomic mass is 16.2. The van der Waals surface area contributed by atoms with Gasteiger partial charge in [-0.1, -0.05) is 24.3 Å². The Hall–Kier alpha value is -2.95. The van der Waals surface area contributed by atoms with Crippen LogP contribution in [0.5, 0.6) is 0 Å². The van der Waals surface area contributed by atoms with Crippen LogP contribution in [0.15, 0.2) is 54.7 Å². The van der Waals surface area contributed by atoms with Crippen molar-refractivity contribution in [1.82, 2.24) is 4.98 Å². The zero-order valence-electron chi connectivity index (χ0n) is 11.4. The second-order valence-electron chi connectivity index (χ2n) is 4.78. The molecule has 1 heterocycles. The van der Waals surface area contributed by atoms with Crippen molar-refractivity contribution in [2.75, 3.05) is 10.6 Å². The van der Waals surface area contributed by atoms with Gasteiger partial charge < -0.3 is 21.4 Å². The van der Waals surface area contributed by atoms with Gasteiger partial charge in [0, 0.05) is 35.0 Å². The van der Waals surface area contributed by atoms with Crippen LogP contribution in [0.1, 0.15) is 5.56 Å². The zero-order valence-corrected chi connectivity index (χ0v) is 11.4. The number of hydrogen-bond acceptors (Lipinski definition) is 2. The van der Waals surface area contributed by atoms with Gasteiger partial charge in [-0.15, -0.1) is 0 Å². The van der Waals surface area contributed by atoms with Crippen LogP contribution >= 0.6 is 0 Å². The third kappa shape index (κ3) is 2.97. The van der Waals surface area contributed by atoms with Gasteiger partial charge in [-0.3, -0.25) is 0 Å². The summed E-state index contributed by atoms with van der Waals surface area (Å²) >= 11 is 0. The molecule has 0 fully saturated rings. The number of rotatable bonds is 4. The van der Waals surface area contributed by atoms with Crippen LogP contribution in [0.2, 0.25) is 0 Å². The molecule has 2 aromatic carbocycles. The molecule has 106 valence electrons. The number of urea groups is 1. The Morgan fingerprint density at radius 3 is 2.76 bits per heavy atom. The van der Waals surface area contributed by atoms with Crippen molar-refractivity contribution in [3.05, 3.63) is 60.3 Å². The largest absolute Gasteiger partial charge is 0.381 e. The van der Waals surface area contributed by atoms with Gasteiger partial charge >= 0.3 is 6.03 Å². The minimum atomic E-state index is -0.566. The number of primary amides is 1. The number of carbonyl (C=O) groups excluding carboxylic acids is 1. The molecular formula is C16H16N4O. The Bertz CT molecular complexity index is 779. The Morgan fingerprint density at radius 1 is 1.10 bits per heavy atom. The first kappa shape index (κ1) is 13.1. The predicted octanol–water partition coefficient (Wildman–Crippen LogP) is 3.27. The van der Waals surface area contributed by atoms with Crippen molar-refractivity contribution >= 4 is 28.3 Å². The molecule has 3 aromatic rings. The molecule has 0 spiro atoms. The molecule has 0 saturated heterocycles. The second-order valence-corrected chi connectivity index (χ2v) is 4.78. The number of nitrogens with one attached hydrogen (secondary N) is 3. The third-order valence-electron chi connectivity index (χ3n) is 3.29. The lowest BCUT2D eigenvalue weighted by atomic mass is 10.1. The highest BCUT2D eigenvalue weighted by Crippen LogP contribution is 2.20. The number of para-hydroxylation sites is 1. The molecule has 0 aliphatic rings. The number of carbonyl (C=O) groups is 1. The van der Waals surface area contributed by atoms with E-state index in [-0.39, 0.29) is 0 Å². The summed E-state index contributed by atoms with van der Waals surface area (Å²) in [6.07, 6.45) is 2.00. The number of anilines is 2. The number of aromatic nitrogens is 1. The maximum absolute atomic E-state index is 10.9. The first-order valence-electron chi connectivity index (χ1n) is 6.68. The lowest BCUT2D eigenvalue weighted by Crippen LogP contribution is -2.19. The van der Waals surface area contributed by atoms with Gasteiger partial charge in [-0.25, -0.2) is 4.79 Å². The Balaban J connectivity index is 1.74. The van der Waals surface area contributed by atoms with Crippen molar-refractivity contribution in [2.24, 2.45) is 5.73 Å². The average molecular weight is 280 g/mol. The number of nitrogens with two attached hydrogens (primary N) is 1. The molecule has 3 rings (SSSR count). The minimum Gasteiger partial charge on any atom is -0.381 e. The van der Waals surface area contributed by atoms with Crippen LogP contribution < -0.4 is 16.4 Å². The number of amides is 2. The molecule has 0 atom stereocenters. The number of benzene rings is 2. The van der Waals surface area contributed by atoms with E-state index in [2.05, 4.69) is 27.8 Å². The maximum Gasteiger partial charge on any atom is 0.316 e. The molecule has 0 bridgehead atoms. The summed E-state index contributed by atoms with van der Waals surface area (Å²) in [6, 6.07) is 15.1. The lowest BCUT2D eigenvalue weighted by molar-refractivity contribution is 0.259. The molecule has 1 aromatic heterocycles. The normalized spacial score (nSPS) is 10.5. The van der Waals surface area contributed by atoms with Crippen molar-refractivity contribution in [2.45, 2.75) is 6.54 Å². The number of H-pyrrole nitrogens is 1. The van der Waals surface area contributed by atoms with E-state index in [1.165, 1.54) is 10.9 Å². The van der Waals surface area contributed by atoms with Crippen LogP contribution in [-0.4, -0.2) is 11.0 Å². The molecule has 0 radical (unpaired) electrons. The fourth-order valence-corrected chi connectivity index (χ4v) is 2.32. The van der Waals surface area contributed by atoms with E-state index >= 15 is 0 Å². The van der Waals surface area contributed by atoms with Crippen molar-refractivity contribution in [3.8, 4) is 0 Å². The van der Waals surface area contributed by atoms with E-state index in [0.29, 0.717) is 12.2 Å². The highest BCUT2D eigenvalue weighted by Gasteiger charge is 2.03. The van der Waals surface area contributed by atoms with Gasteiger partial charge in [0.25, 0.3) is 0 Å². The van der Waals surface area contributed by atoms with Gasteiger partial charge in [0.2, 0.25) is 0 Å². The summed E-state index contributed by atoms with van der Waals surface area (Å²) in [5.41, 5.74) is 9.03. The standard InChI is InChI=1S/C16H16N4O/c17-16(21)20-13-5-3-4-12(8-13)18-9-11-10-19-15-7-2-1-6-14(11)15/h1-8,10,18-19H,9H2,(H3,17,20,21). The first-order chi connectivity index (χ1) is 10.2. The topological polar surface area (TPSA) is 82.9 Å². The molecule has 0 unspecified atom stereocenters. The summed E-state index contributed by atoms with van der Waals surface area (Å²) in [7, 11) is 0. The zero-order chi connectivity index (χ0) is 14.7. The minimum absolute atomic E-state index is 0.566. The van der Waals surface area contributed by atoms with Gasteiger partial charge in [-0.2, -0.15) is 0 Å².